The molecule has 3 fully saturated rings. The second kappa shape index (κ2) is 33.5. The highest BCUT2D eigenvalue weighted by atomic mass is 16.5. The van der Waals surface area contributed by atoms with Gasteiger partial charge in [0.05, 0.1) is 82.2 Å². The van der Waals surface area contributed by atoms with Gasteiger partial charge in [0.15, 0.2) is 0 Å². The predicted octanol–water partition coefficient (Wildman–Crippen LogP) is 14.4. The zero-order chi connectivity index (χ0) is 75.9. The quantitative estimate of drug-likeness (QED) is 0.0758. The Labute approximate surface area is 636 Å². The molecule has 6 aliphatic rings. The van der Waals surface area contributed by atoms with Crippen molar-refractivity contribution < 1.29 is 28.6 Å². The Hall–Kier alpha value is -9.58. The third kappa shape index (κ3) is 20.6. The number of anilines is 4. The van der Waals surface area contributed by atoms with E-state index < -0.39 is 0 Å². The molecule has 23 nitrogen and oxygen atoms in total. The van der Waals surface area contributed by atoms with E-state index in [9.17, 15) is 14.4 Å². The van der Waals surface area contributed by atoms with Crippen LogP contribution >= 0.6 is 0 Å². The number of nitrogens with one attached hydrogen (secondary N) is 2. The van der Waals surface area contributed by atoms with Crippen LogP contribution in [-0.2, 0) is 75.4 Å². The molecule has 15 rings (SSSR count). The first-order chi connectivity index (χ1) is 51.7. The van der Waals surface area contributed by atoms with Gasteiger partial charge in [-0.3, -0.25) is 28.4 Å². The van der Waals surface area contributed by atoms with E-state index in [0.29, 0.717) is 76.8 Å². The van der Waals surface area contributed by atoms with Crippen LogP contribution in [-0.4, -0.2) is 166 Å². The van der Waals surface area contributed by atoms with Crippen molar-refractivity contribution in [3.05, 3.63) is 173 Å². The van der Waals surface area contributed by atoms with E-state index in [0.717, 1.165) is 134 Å². The van der Waals surface area contributed by atoms with E-state index in [4.69, 9.17) is 29.2 Å². The maximum Gasteiger partial charge on any atom is 0.227 e. The van der Waals surface area contributed by atoms with Gasteiger partial charge >= 0.3 is 0 Å². The molecule has 1 unspecified atom stereocenters. The molecule has 3 atom stereocenters. The Balaban J connectivity index is 0.000000143. The summed E-state index contributed by atoms with van der Waals surface area (Å²) in [6, 6.07) is 25.7. The minimum absolute atomic E-state index is 0.156. The van der Waals surface area contributed by atoms with Crippen molar-refractivity contribution in [3.63, 3.8) is 0 Å². The van der Waals surface area contributed by atoms with Gasteiger partial charge in [0.2, 0.25) is 29.6 Å². The second-order valence-electron chi connectivity index (χ2n) is 33.3. The molecule has 0 radical (unpaired) electrons. The van der Waals surface area contributed by atoms with E-state index >= 15 is 0 Å². The number of ether oxygens (including phenoxy) is 3. The van der Waals surface area contributed by atoms with Crippen molar-refractivity contribution in [2.24, 2.45) is 21.1 Å². The molecule has 0 bridgehead atoms. The Morgan fingerprint density at radius 1 is 0.426 bits per heavy atom. The lowest BCUT2D eigenvalue weighted by molar-refractivity contribution is -0.158. The molecule has 3 amide bonds. The fourth-order valence-electron chi connectivity index (χ4n) is 15.8. The molecule has 3 aliphatic carbocycles. The molecular formula is C85H109N17O6. The average Bonchev–Trinajstić information content (AvgIpc) is 1.41. The van der Waals surface area contributed by atoms with Gasteiger partial charge in [0.1, 0.15) is 5.82 Å². The molecule has 0 spiro atoms. The van der Waals surface area contributed by atoms with Crippen molar-refractivity contribution in [3.8, 4) is 33.8 Å². The Morgan fingerprint density at radius 2 is 0.769 bits per heavy atom. The molecule has 0 saturated carbocycles. The van der Waals surface area contributed by atoms with Crippen LogP contribution in [0, 0.1) is 0 Å². The molecule has 3 aliphatic heterocycles. The number of fused-ring (bicyclic) bond motifs is 3. The number of hydrogen-bond acceptors (Lipinski definition) is 17. The third-order valence-corrected chi connectivity index (χ3v) is 20.9. The summed E-state index contributed by atoms with van der Waals surface area (Å²) < 4.78 is 23.3. The summed E-state index contributed by atoms with van der Waals surface area (Å²) in [5.74, 6) is 3.42. The standard InChI is InChI=1S/C29H37N5O2.2C28H36N6O2/c1-29(2,3)36-24-18-34(19-24)28(35)15-22-8-6-5-7-21-14-23(9-10-25(21)22)26-11-12-30-27(32-26)13-20-16-31-33(4)17-20;2*1-28(2,3)36-23-17-34(18-23)26(35)14-20-8-6-5-7-19-13-21(9-10-24(19)20)25-11-12-29-27(32-25)31-22-15-30-33(4)16-22/h9-12,14,16-17,22,24H,5-8,13,15,18-19H2,1-4H3;2*9-13,15-16,20,23H,5-8,14,17-18H2,1-4H3,(H,29,31,32)/t22-;20-;/m10./s1. The molecule has 9 aromatic rings. The lowest BCUT2D eigenvalue weighted by Crippen LogP contribution is -2.56. The van der Waals surface area contributed by atoms with Crippen LogP contribution in [0.3, 0.4) is 0 Å². The molecule has 3 aromatic carbocycles. The van der Waals surface area contributed by atoms with Crippen LogP contribution in [0.15, 0.2) is 129 Å². The Bertz CT molecular complexity index is 4130. The van der Waals surface area contributed by atoms with Crippen LogP contribution in [0.4, 0.5) is 23.3 Å². The van der Waals surface area contributed by atoms with E-state index in [-0.39, 0.29) is 70.6 Å². The number of hydrogen-bond donors (Lipinski definition) is 2. The van der Waals surface area contributed by atoms with Gasteiger partial charge in [-0.05, 0) is 213 Å². The van der Waals surface area contributed by atoms with Gasteiger partial charge in [0, 0.05) is 140 Å². The van der Waals surface area contributed by atoms with Gasteiger partial charge in [-0.2, -0.15) is 15.3 Å². The number of carbonyl (C=O) groups is 3. The number of likely N-dealkylation sites (tertiary alicyclic amines) is 3. The number of carbonyl (C=O) groups excluding carboxylic acids is 3. The van der Waals surface area contributed by atoms with Crippen molar-refractivity contribution in [1.82, 2.24) is 73.9 Å². The summed E-state index contributed by atoms with van der Waals surface area (Å²) in [6.45, 7) is 22.8. The molecule has 570 valence electrons. The number of nitrogens with zero attached hydrogens (tertiary/aromatic N) is 15. The number of aryl methyl sites for hydroxylation is 6. The van der Waals surface area contributed by atoms with Crippen molar-refractivity contribution >= 4 is 41.0 Å². The first kappa shape index (κ1) is 76.6. The van der Waals surface area contributed by atoms with Gasteiger partial charge in [-0.15, -0.1) is 0 Å². The highest BCUT2D eigenvalue weighted by Crippen LogP contribution is 2.41. The molecule has 108 heavy (non-hydrogen) atoms. The Morgan fingerprint density at radius 3 is 1.10 bits per heavy atom. The summed E-state index contributed by atoms with van der Waals surface area (Å²) in [4.78, 5) is 72.5. The number of rotatable bonds is 18. The molecule has 23 heteroatoms. The van der Waals surface area contributed by atoms with E-state index in [1.807, 2.05) is 85.0 Å². The van der Waals surface area contributed by atoms with Gasteiger partial charge in [-0.1, -0.05) is 55.7 Å². The SMILES string of the molecule is Cn1cc(Cc2nccc(-c3ccc4c(c3)CCCC[C@@H]4CC(=O)N3CC(OC(C)(C)C)C3)n2)cn1.Cn1cc(Nc2nccc(-c3ccc4c(c3)CCCCC4CC(=O)N3CC(OC(C)(C)C)C3)n2)cn1.Cn1cc(Nc2nccc(-c3ccc4c(c3)CCCC[C@H]4CC(=O)N3CC(OC(C)(C)C)C3)n2)cn1. The van der Waals surface area contributed by atoms with Crippen LogP contribution in [0.1, 0.15) is 202 Å². The average molecular weight is 1460 g/mol. The number of benzene rings is 3. The molecular weight excluding hydrogens is 1360 g/mol. The van der Waals surface area contributed by atoms with Gasteiger partial charge in [-0.25, -0.2) is 29.9 Å². The van der Waals surface area contributed by atoms with Crippen molar-refractivity contribution in [1.29, 1.82) is 0 Å². The fourth-order valence-corrected chi connectivity index (χ4v) is 15.8. The van der Waals surface area contributed by atoms with Crippen LogP contribution in [0.2, 0.25) is 0 Å². The highest BCUT2D eigenvalue weighted by molar-refractivity contribution is 5.80. The van der Waals surface area contributed by atoms with E-state index in [1.54, 1.807) is 38.8 Å². The molecule has 9 heterocycles. The van der Waals surface area contributed by atoms with Crippen LogP contribution < -0.4 is 10.6 Å². The zero-order valence-corrected chi connectivity index (χ0v) is 65.3. The van der Waals surface area contributed by atoms with E-state index in [2.05, 4.69) is 158 Å². The van der Waals surface area contributed by atoms with E-state index in [1.165, 1.54) is 33.4 Å². The van der Waals surface area contributed by atoms with Crippen molar-refractivity contribution in [2.45, 2.75) is 218 Å². The Kier molecular flexibility index (Phi) is 23.8. The highest BCUT2D eigenvalue weighted by Gasteiger charge is 2.39. The largest absolute Gasteiger partial charge is 0.369 e. The summed E-state index contributed by atoms with van der Waals surface area (Å²) in [7, 11) is 5.67. The van der Waals surface area contributed by atoms with Crippen LogP contribution in [0.5, 0.6) is 0 Å². The predicted molar refractivity (Wildman–Crippen MR) is 420 cm³/mol. The molecule has 6 aromatic heterocycles. The summed E-state index contributed by atoms with van der Waals surface area (Å²) in [5.41, 5.74) is 16.2. The lowest BCUT2D eigenvalue weighted by atomic mass is 9.88. The zero-order valence-electron chi connectivity index (χ0n) is 65.3. The molecule has 3 saturated heterocycles. The summed E-state index contributed by atoms with van der Waals surface area (Å²) in [6.07, 6.45) is 32.5. The summed E-state index contributed by atoms with van der Waals surface area (Å²) in [5, 5.41) is 19.0. The monoisotopic (exact) mass is 1460 g/mol. The topological polar surface area (TPSA) is 243 Å². The minimum Gasteiger partial charge on any atom is -0.369 e. The normalized spacial score (nSPS) is 18.4. The first-order valence-corrected chi connectivity index (χ1v) is 38.9. The minimum atomic E-state index is -0.170. The number of aromatic nitrogens is 12. The maximum absolute atomic E-state index is 13.1. The number of amides is 3. The fraction of sp³-hybridized carbons (Fsp3) is 0.506. The maximum atomic E-state index is 13.1. The van der Waals surface area contributed by atoms with Crippen LogP contribution in [0.25, 0.3) is 33.8 Å². The van der Waals surface area contributed by atoms with Gasteiger partial charge in [0.25, 0.3) is 0 Å². The molecule has 2 N–H and O–H groups in total. The smallest absolute Gasteiger partial charge is 0.227 e. The lowest BCUT2D eigenvalue weighted by Gasteiger charge is -2.42. The first-order valence-electron chi connectivity index (χ1n) is 38.9. The van der Waals surface area contributed by atoms with Gasteiger partial charge < -0.3 is 39.5 Å². The summed E-state index contributed by atoms with van der Waals surface area (Å²) >= 11 is 0. The second-order valence-corrected chi connectivity index (χ2v) is 33.3. The third-order valence-electron chi connectivity index (χ3n) is 20.9. The van der Waals surface area contributed by atoms with Crippen molar-refractivity contribution in [2.75, 3.05) is 49.9 Å².